The number of aryl methyl sites for hydroxylation is 1. The molecule has 2 aromatic carbocycles. The average Bonchev–Trinajstić information content (AvgIpc) is 2.87. The molecule has 3 rings (SSSR count). The minimum atomic E-state index is -4.32. The second-order valence-electron chi connectivity index (χ2n) is 8.31. The maximum atomic E-state index is 13.3. The van der Waals surface area contributed by atoms with Gasteiger partial charge in [0.2, 0.25) is 0 Å². The second-order valence-corrected chi connectivity index (χ2v) is 8.31. The molecule has 2 aromatic rings. The normalized spacial score (nSPS) is 13.2. The monoisotopic (exact) mass is 502 g/mol. The number of allylic oxidation sites excluding steroid dienone is 3. The molecular formula is C30H41F3N2O. The van der Waals surface area contributed by atoms with E-state index < -0.39 is 11.7 Å². The summed E-state index contributed by atoms with van der Waals surface area (Å²) in [5.74, 6) is -0.181. The summed E-state index contributed by atoms with van der Waals surface area (Å²) in [4.78, 5) is 14.6. The molecule has 0 bridgehead atoms. The van der Waals surface area contributed by atoms with Gasteiger partial charge in [-0.3, -0.25) is 4.79 Å². The van der Waals surface area contributed by atoms with Crippen molar-refractivity contribution in [2.75, 3.05) is 10.2 Å². The number of carbonyl (C=O) groups is 1. The van der Waals surface area contributed by atoms with Gasteiger partial charge in [-0.15, -0.1) is 0 Å². The molecule has 0 saturated heterocycles. The summed E-state index contributed by atoms with van der Waals surface area (Å²) in [6, 6.07) is 14.7. The van der Waals surface area contributed by atoms with Crippen molar-refractivity contribution in [1.29, 1.82) is 0 Å². The van der Waals surface area contributed by atoms with Gasteiger partial charge in [-0.2, -0.15) is 13.2 Å². The highest BCUT2D eigenvalue weighted by Gasteiger charge is 2.35. The van der Waals surface area contributed by atoms with E-state index in [1.165, 1.54) is 6.08 Å². The van der Waals surface area contributed by atoms with Gasteiger partial charge in [0, 0.05) is 34.3 Å². The van der Waals surface area contributed by atoms with E-state index in [1.54, 1.807) is 18.2 Å². The molecule has 1 amide bonds. The van der Waals surface area contributed by atoms with Gasteiger partial charge in [-0.05, 0) is 87.6 Å². The lowest BCUT2D eigenvalue weighted by Crippen LogP contribution is -2.32. The zero-order chi connectivity index (χ0) is 27.5. The number of amides is 1. The summed E-state index contributed by atoms with van der Waals surface area (Å²) in [6.07, 6.45) is -1.90. The Labute approximate surface area is 215 Å². The minimum absolute atomic E-state index is 0.00890. The summed E-state index contributed by atoms with van der Waals surface area (Å²) in [7, 11) is 0. The van der Waals surface area contributed by atoms with Gasteiger partial charge >= 0.3 is 6.18 Å². The van der Waals surface area contributed by atoms with E-state index in [-0.39, 0.29) is 18.4 Å². The Kier molecular flexibility index (Phi) is 12.5. The van der Waals surface area contributed by atoms with Gasteiger partial charge in [0.1, 0.15) is 0 Å². The summed E-state index contributed by atoms with van der Waals surface area (Å²) >= 11 is 0. The first-order valence-electron chi connectivity index (χ1n) is 12.9. The van der Waals surface area contributed by atoms with Crippen molar-refractivity contribution in [1.82, 2.24) is 0 Å². The van der Waals surface area contributed by atoms with Crippen LogP contribution in [0.4, 0.5) is 24.5 Å². The molecule has 3 nitrogen and oxygen atoms in total. The summed E-state index contributed by atoms with van der Waals surface area (Å²) in [6.45, 7) is 15.8. The Morgan fingerprint density at radius 1 is 0.972 bits per heavy atom. The van der Waals surface area contributed by atoms with Crippen LogP contribution in [0.25, 0.3) is 0 Å². The van der Waals surface area contributed by atoms with Crippen molar-refractivity contribution in [3.8, 4) is 0 Å². The van der Waals surface area contributed by atoms with Crippen LogP contribution in [0.15, 0.2) is 71.5 Å². The van der Waals surface area contributed by atoms with E-state index in [0.29, 0.717) is 23.4 Å². The van der Waals surface area contributed by atoms with Gasteiger partial charge < -0.3 is 10.2 Å². The van der Waals surface area contributed by atoms with Crippen LogP contribution in [-0.4, -0.2) is 18.1 Å². The van der Waals surface area contributed by atoms with E-state index in [2.05, 4.69) is 5.32 Å². The van der Waals surface area contributed by atoms with Gasteiger partial charge in [-0.25, -0.2) is 0 Å². The summed E-state index contributed by atoms with van der Waals surface area (Å²) in [5.41, 5.74) is 4.04. The zero-order valence-corrected chi connectivity index (χ0v) is 22.9. The molecule has 1 N–H and O–H groups in total. The van der Waals surface area contributed by atoms with Gasteiger partial charge in [0.05, 0.1) is 0 Å². The molecule has 0 atom stereocenters. The average molecular weight is 503 g/mol. The number of anilines is 2. The number of hydrogen-bond donors (Lipinski definition) is 1. The van der Waals surface area contributed by atoms with Crippen molar-refractivity contribution in [3.05, 3.63) is 82.6 Å². The molecule has 0 heterocycles. The SMILES string of the molecule is CC.CC.CCc1ccccc1C(=O)Nc1ccc(N(C2=C(C)CCC(C(F)(F)F)=C2)C(C)C)cc1. The standard InChI is InChI=1S/C26H29F3N2O.2C2H6/c1-5-19-8-6-7-9-23(19)25(32)30-21-12-14-22(15-13-21)31(17(2)3)24-16-20(26(27,28)29)11-10-18(24)4;2*1-2/h6-9,12-17H,5,10-11H2,1-4H3,(H,30,32);2*1-2H3. The Morgan fingerprint density at radius 2 is 1.56 bits per heavy atom. The number of halogens is 3. The van der Waals surface area contributed by atoms with E-state index >= 15 is 0 Å². The maximum absolute atomic E-state index is 13.3. The molecule has 1 aliphatic carbocycles. The van der Waals surface area contributed by atoms with E-state index in [4.69, 9.17) is 0 Å². The van der Waals surface area contributed by atoms with Crippen LogP contribution in [-0.2, 0) is 6.42 Å². The van der Waals surface area contributed by atoms with Crippen molar-refractivity contribution in [3.63, 3.8) is 0 Å². The van der Waals surface area contributed by atoms with Crippen LogP contribution in [0, 0.1) is 0 Å². The van der Waals surface area contributed by atoms with Crippen molar-refractivity contribution < 1.29 is 18.0 Å². The number of benzene rings is 2. The smallest absolute Gasteiger partial charge is 0.339 e. The third-order valence-corrected chi connectivity index (χ3v) is 5.70. The Balaban J connectivity index is 0.00000154. The number of nitrogens with zero attached hydrogens (tertiary/aromatic N) is 1. The fraction of sp³-hybridized carbons (Fsp3) is 0.433. The molecule has 0 aliphatic heterocycles. The summed E-state index contributed by atoms with van der Waals surface area (Å²) < 4.78 is 40.0. The largest absolute Gasteiger partial charge is 0.412 e. The lowest BCUT2D eigenvalue weighted by atomic mass is 9.95. The number of carbonyl (C=O) groups excluding carboxylic acids is 1. The molecule has 1 aliphatic rings. The third-order valence-electron chi connectivity index (χ3n) is 5.70. The fourth-order valence-corrected chi connectivity index (χ4v) is 3.98. The Hall–Kier alpha value is -3.02. The maximum Gasteiger partial charge on any atom is 0.412 e. The van der Waals surface area contributed by atoms with Crippen LogP contribution in [0.2, 0.25) is 0 Å². The van der Waals surface area contributed by atoms with Crippen molar-refractivity contribution >= 4 is 17.3 Å². The molecule has 0 fully saturated rings. The third kappa shape index (κ3) is 8.00. The molecule has 6 heteroatoms. The molecular weight excluding hydrogens is 461 g/mol. The van der Waals surface area contributed by atoms with E-state index in [0.717, 1.165) is 23.2 Å². The van der Waals surface area contributed by atoms with Gasteiger partial charge in [0.25, 0.3) is 5.91 Å². The first-order chi connectivity index (χ1) is 17.1. The van der Waals surface area contributed by atoms with Crippen molar-refractivity contribution in [2.45, 2.75) is 86.9 Å². The Morgan fingerprint density at radius 3 is 2.08 bits per heavy atom. The molecule has 0 unspecified atom stereocenters. The van der Waals surface area contributed by atoms with E-state index in [9.17, 15) is 18.0 Å². The number of rotatable bonds is 6. The highest BCUT2D eigenvalue weighted by Crippen LogP contribution is 2.38. The fourth-order valence-electron chi connectivity index (χ4n) is 3.98. The molecule has 0 spiro atoms. The first kappa shape index (κ1) is 31.0. The molecule has 198 valence electrons. The second kappa shape index (κ2) is 14.5. The molecule has 0 saturated carbocycles. The van der Waals surface area contributed by atoms with Crippen LogP contribution in [0.1, 0.15) is 84.2 Å². The van der Waals surface area contributed by atoms with Crippen LogP contribution in [0.5, 0.6) is 0 Å². The van der Waals surface area contributed by atoms with Crippen LogP contribution in [0.3, 0.4) is 0 Å². The van der Waals surface area contributed by atoms with Crippen LogP contribution < -0.4 is 10.2 Å². The lowest BCUT2D eigenvalue weighted by molar-refractivity contribution is -0.0942. The lowest BCUT2D eigenvalue weighted by Gasteiger charge is -2.34. The zero-order valence-electron chi connectivity index (χ0n) is 22.9. The Bertz CT molecular complexity index is 1030. The predicted octanol–water partition coefficient (Wildman–Crippen LogP) is 9.32. The molecule has 36 heavy (non-hydrogen) atoms. The number of nitrogens with one attached hydrogen (secondary N) is 1. The van der Waals surface area contributed by atoms with Gasteiger partial charge in [0.15, 0.2) is 0 Å². The van der Waals surface area contributed by atoms with Crippen LogP contribution >= 0.6 is 0 Å². The number of hydrogen-bond acceptors (Lipinski definition) is 2. The van der Waals surface area contributed by atoms with E-state index in [1.807, 2.05) is 90.6 Å². The number of alkyl halides is 3. The molecule has 0 aromatic heterocycles. The predicted molar refractivity (Wildman–Crippen MR) is 147 cm³/mol. The summed E-state index contributed by atoms with van der Waals surface area (Å²) in [5, 5.41) is 2.91. The highest BCUT2D eigenvalue weighted by atomic mass is 19.4. The topological polar surface area (TPSA) is 32.3 Å². The molecule has 0 radical (unpaired) electrons. The quantitative estimate of drug-likeness (QED) is 0.427. The van der Waals surface area contributed by atoms with Crippen molar-refractivity contribution in [2.24, 2.45) is 0 Å². The van der Waals surface area contributed by atoms with Gasteiger partial charge in [-0.1, -0.05) is 52.8 Å². The first-order valence-corrected chi connectivity index (χ1v) is 12.9. The highest BCUT2D eigenvalue weighted by molar-refractivity contribution is 6.05. The minimum Gasteiger partial charge on any atom is -0.339 e.